The van der Waals surface area contributed by atoms with Gasteiger partial charge in [0, 0.05) is 4.83 Å². The standard InChI is InChI=1S/C17H16BrF/c18-17(10-12-6-8-14(19)9-7-12)16-11-15(16)13-4-2-1-3-5-13/h1-9,15-17H,10-11H2. The summed E-state index contributed by atoms with van der Waals surface area (Å²) in [6, 6.07) is 17.5. The van der Waals surface area contributed by atoms with Crippen LogP contribution in [-0.4, -0.2) is 4.83 Å². The smallest absolute Gasteiger partial charge is 0.123 e. The van der Waals surface area contributed by atoms with E-state index in [4.69, 9.17) is 0 Å². The van der Waals surface area contributed by atoms with E-state index in [-0.39, 0.29) is 5.82 Å². The van der Waals surface area contributed by atoms with Crippen LogP contribution in [0, 0.1) is 11.7 Å². The Morgan fingerprint density at radius 2 is 1.74 bits per heavy atom. The van der Waals surface area contributed by atoms with Crippen molar-refractivity contribution in [3.8, 4) is 0 Å². The van der Waals surface area contributed by atoms with Crippen LogP contribution in [0.3, 0.4) is 0 Å². The number of rotatable bonds is 4. The van der Waals surface area contributed by atoms with Crippen LogP contribution in [0.15, 0.2) is 54.6 Å². The maximum absolute atomic E-state index is 12.9. The van der Waals surface area contributed by atoms with Gasteiger partial charge >= 0.3 is 0 Å². The average molecular weight is 319 g/mol. The Labute approximate surface area is 121 Å². The van der Waals surface area contributed by atoms with Crippen molar-refractivity contribution in [2.24, 2.45) is 5.92 Å². The van der Waals surface area contributed by atoms with Gasteiger partial charge in [-0.2, -0.15) is 0 Å². The molecule has 1 aliphatic carbocycles. The van der Waals surface area contributed by atoms with Crippen LogP contribution in [0.2, 0.25) is 0 Å². The Morgan fingerprint density at radius 3 is 2.42 bits per heavy atom. The van der Waals surface area contributed by atoms with Crippen LogP contribution in [0.5, 0.6) is 0 Å². The summed E-state index contributed by atoms with van der Waals surface area (Å²) in [7, 11) is 0. The second-order valence-corrected chi connectivity index (χ2v) is 6.44. The van der Waals surface area contributed by atoms with E-state index in [1.165, 1.54) is 29.7 Å². The molecule has 2 heteroatoms. The van der Waals surface area contributed by atoms with Crippen molar-refractivity contribution in [3.63, 3.8) is 0 Å². The summed E-state index contributed by atoms with van der Waals surface area (Å²) < 4.78 is 12.9. The second kappa shape index (κ2) is 5.46. The lowest BCUT2D eigenvalue weighted by molar-refractivity contribution is 0.626. The van der Waals surface area contributed by atoms with Gasteiger partial charge in [0.15, 0.2) is 0 Å². The van der Waals surface area contributed by atoms with E-state index in [0.29, 0.717) is 16.7 Å². The fraction of sp³-hybridized carbons (Fsp3) is 0.294. The Kier molecular flexibility index (Phi) is 3.69. The van der Waals surface area contributed by atoms with Gasteiger partial charge in [-0.1, -0.05) is 58.4 Å². The molecule has 0 amide bonds. The molecule has 0 N–H and O–H groups in total. The first kappa shape index (κ1) is 12.9. The maximum Gasteiger partial charge on any atom is 0.123 e. The van der Waals surface area contributed by atoms with E-state index in [1.807, 2.05) is 12.1 Å². The summed E-state index contributed by atoms with van der Waals surface area (Å²) in [5.74, 6) is 1.22. The molecule has 3 atom stereocenters. The molecule has 1 aliphatic rings. The fourth-order valence-electron chi connectivity index (χ4n) is 2.69. The number of alkyl halides is 1. The topological polar surface area (TPSA) is 0 Å². The van der Waals surface area contributed by atoms with Crippen LogP contribution < -0.4 is 0 Å². The largest absolute Gasteiger partial charge is 0.207 e. The third-order valence-corrected chi connectivity index (χ3v) is 4.88. The molecule has 0 aromatic heterocycles. The molecule has 0 bridgehead atoms. The molecule has 0 spiro atoms. The van der Waals surface area contributed by atoms with Gasteiger partial charge in [0.1, 0.15) is 5.82 Å². The summed E-state index contributed by atoms with van der Waals surface area (Å²) in [5, 5.41) is 0. The lowest BCUT2D eigenvalue weighted by atomic mass is 10.0. The van der Waals surface area contributed by atoms with Gasteiger partial charge in [-0.25, -0.2) is 4.39 Å². The molecule has 0 nitrogen and oxygen atoms in total. The van der Waals surface area contributed by atoms with Gasteiger partial charge in [0.05, 0.1) is 0 Å². The predicted molar refractivity (Wildman–Crippen MR) is 80.1 cm³/mol. The van der Waals surface area contributed by atoms with Gasteiger partial charge in [0.2, 0.25) is 0 Å². The van der Waals surface area contributed by atoms with E-state index in [2.05, 4.69) is 46.3 Å². The third kappa shape index (κ3) is 3.06. The predicted octanol–water partition coefficient (Wildman–Crippen LogP) is 4.94. The molecule has 1 saturated carbocycles. The zero-order valence-corrected chi connectivity index (χ0v) is 12.2. The van der Waals surface area contributed by atoms with Crippen molar-refractivity contribution in [1.82, 2.24) is 0 Å². The van der Waals surface area contributed by atoms with Crippen molar-refractivity contribution >= 4 is 15.9 Å². The van der Waals surface area contributed by atoms with Crippen molar-refractivity contribution < 1.29 is 4.39 Å². The fourth-order valence-corrected chi connectivity index (χ4v) is 3.65. The van der Waals surface area contributed by atoms with Crippen LogP contribution in [0.4, 0.5) is 4.39 Å². The lowest BCUT2D eigenvalue weighted by Gasteiger charge is -2.09. The highest BCUT2D eigenvalue weighted by Gasteiger charge is 2.42. The van der Waals surface area contributed by atoms with Crippen LogP contribution in [0.1, 0.15) is 23.5 Å². The molecule has 2 aromatic carbocycles. The first-order valence-electron chi connectivity index (χ1n) is 6.67. The molecule has 2 aromatic rings. The van der Waals surface area contributed by atoms with E-state index in [9.17, 15) is 4.39 Å². The zero-order chi connectivity index (χ0) is 13.2. The molecule has 19 heavy (non-hydrogen) atoms. The zero-order valence-electron chi connectivity index (χ0n) is 10.6. The quantitative estimate of drug-likeness (QED) is 0.701. The van der Waals surface area contributed by atoms with Gasteiger partial charge in [-0.05, 0) is 47.9 Å². The number of halogens is 2. The van der Waals surface area contributed by atoms with Gasteiger partial charge in [0.25, 0.3) is 0 Å². The van der Waals surface area contributed by atoms with E-state index in [0.717, 1.165) is 6.42 Å². The Hall–Kier alpha value is -1.15. The van der Waals surface area contributed by atoms with Crippen LogP contribution in [-0.2, 0) is 6.42 Å². The summed E-state index contributed by atoms with van der Waals surface area (Å²) in [6.07, 6.45) is 2.22. The number of hydrogen-bond donors (Lipinski definition) is 0. The number of hydrogen-bond acceptors (Lipinski definition) is 0. The van der Waals surface area contributed by atoms with E-state index < -0.39 is 0 Å². The van der Waals surface area contributed by atoms with E-state index >= 15 is 0 Å². The summed E-state index contributed by atoms with van der Waals surface area (Å²) in [4.78, 5) is 0.475. The summed E-state index contributed by atoms with van der Waals surface area (Å²) >= 11 is 3.80. The summed E-state index contributed by atoms with van der Waals surface area (Å²) in [6.45, 7) is 0. The molecular weight excluding hydrogens is 303 g/mol. The van der Waals surface area contributed by atoms with Crippen molar-refractivity contribution in [1.29, 1.82) is 0 Å². The van der Waals surface area contributed by atoms with Crippen LogP contribution in [0.25, 0.3) is 0 Å². The lowest BCUT2D eigenvalue weighted by Crippen LogP contribution is -2.06. The second-order valence-electron chi connectivity index (χ2n) is 5.26. The van der Waals surface area contributed by atoms with Crippen molar-refractivity contribution in [3.05, 3.63) is 71.5 Å². The Morgan fingerprint density at radius 1 is 1.05 bits per heavy atom. The minimum Gasteiger partial charge on any atom is -0.207 e. The molecule has 0 saturated heterocycles. The molecule has 3 rings (SSSR count). The summed E-state index contributed by atoms with van der Waals surface area (Å²) in [5.41, 5.74) is 2.64. The van der Waals surface area contributed by atoms with E-state index in [1.54, 1.807) is 0 Å². The molecule has 98 valence electrons. The highest BCUT2D eigenvalue weighted by atomic mass is 79.9. The van der Waals surface area contributed by atoms with Gasteiger partial charge < -0.3 is 0 Å². The highest BCUT2D eigenvalue weighted by molar-refractivity contribution is 9.09. The number of benzene rings is 2. The third-order valence-electron chi connectivity index (χ3n) is 3.88. The average Bonchev–Trinajstić information content (AvgIpc) is 3.23. The molecule has 1 fully saturated rings. The van der Waals surface area contributed by atoms with Crippen molar-refractivity contribution in [2.75, 3.05) is 0 Å². The monoisotopic (exact) mass is 318 g/mol. The van der Waals surface area contributed by atoms with Crippen molar-refractivity contribution in [2.45, 2.75) is 23.6 Å². The molecule has 3 unspecified atom stereocenters. The SMILES string of the molecule is Fc1ccc(CC(Br)C2CC2c2ccccc2)cc1. The maximum atomic E-state index is 12.9. The van der Waals surface area contributed by atoms with Gasteiger partial charge in [-0.3, -0.25) is 0 Å². The highest BCUT2D eigenvalue weighted by Crippen LogP contribution is 2.52. The van der Waals surface area contributed by atoms with Gasteiger partial charge in [-0.15, -0.1) is 0 Å². The molecule has 0 aliphatic heterocycles. The first-order valence-corrected chi connectivity index (χ1v) is 7.59. The van der Waals surface area contributed by atoms with Crippen LogP contribution >= 0.6 is 15.9 Å². The minimum absolute atomic E-state index is 0.163. The molecule has 0 radical (unpaired) electrons. The Bertz CT molecular complexity index is 535. The molecule has 0 heterocycles. The molecular formula is C17H16BrF. The minimum atomic E-state index is -0.163. The first-order chi connectivity index (χ1) is 9.24. The Balaban J connectivity index is 1.61. The normalized spacial score (nSPS) is 23.1.